The van der Waals surface area contributed by atoms with Gasteiger partial charge < -0.3 is 10.5 Å². The second-order valence-electron chi connectivity index (χ2n) is 5.66. The van der Waals surface area contributed by atoms with Gasteiger partial charge in [0.25, 0.3) is 6.43 Å². The van der Waals surface area contributed by atoms with Crippen LogP contribution >= 0.6 is 0 Å². The van der Waals surface area contributed by atoms with Crippen LogP contribution in [0.4, 0.5) is 14.5 Å². The van der Waals surface area contributed by atoms with Crippen molar-refractivity contribution >= 4 is 5.69 Å². The third-order valence-corrected chi connectivity index (χ3v) is 4.08. The largest absolute Gasteiger partial charge is 0.381 e. The molecule has 0 bridgehead atoms. The van der Waals surface area contributed by atoms with Crippen LogP contribution in [0, 0.1) is 10.8 Å². The number of nitroso groups, excluding NO2 is 1. The van der Waals surface area contributed by atoms with E-state index in [0.717, 1.165) is 38.7 Å². The van der Waals surface area contributed by atoms with Crippen LogP contribution in [0.2, 0.25) is 0 Å². The van der Waals surface area contributed by atoms with E-state index >= 15 is 0 Å². The van der Waals surface area contributed by atoms with Crippen molar-refractivity contribution in [3.63, 3.8) is 0 Å². The number of halogens is 2. The minimum atomic E-state index is -2.78. The summed E-state index contributed by atoms with van der Waals surface area (Å²) in [6, 6.07) is 0.0493. The molecule has 2 rings (SSSR count). The van der Waals surface area contributed by atoms with Crippen LogP contribution < -0.4 is 5.73 Å². The normalized spacial score (nSPS) is 22.2. The topological polar surface area (TPSA) is 82.5 Å². The van der Waals surface area contributed by atoms with Crippen LogP contribution in [0.5, 0.6) is 0 Å². The highest BCUT2D eigenvalue weighted by Crippen LogP contribution is 2.35. The third kappa shape index (κ3) is 4.30. The molecule has 124 valence electrons. The molecule has 1 aromatic rings. The number of nitrogens with two attached hydrogens (primary N) is 1. The number of hydrogen-bond acceptors (Lipinski definition) is 5. The van der Waals surface area contributed by atoms with Gasteiger partial charge in [0.1, 0.15) is 0 Å². The summed E-state index contributed by atoms with van der Waals surface area (Å²) in [7, 11) is 0. The summed E-state index contributed by atoms with van der Waals surface area (Å²) >= 11 is 0. The van der Waals surface area contributed by atoms with E-state index in [1.807, 2.05) is 0 Å². The minimum absolute atomic E-state index is 0.0493. The molecule has 22 heavy (non-hydrogen) atoms. The quantitative estimate of drug-likeness (QED) is 0.589. The second kappa shape index (κ2) is 8.28. The molecule has 0 unspecified atom stereocenters. The van der Waals surface area contributed by atoms with Crippen LogP contribution in [0.3, 0.4) is 0 Å². The number of alkyl halides is 2. The van der Waals surface area contributed by atoms with Gasteiger partial charge in [0, 0.05) is 13.2 Å². The fraction of sp³-hybridized carbons (Fsp3) is 0.786. The van der Waals surface area contributed by atoms with E-state index in [-0.39, 0.29) is 11.7 Å². The van der Waals surface area contributed by atoms with Gasteiger partial charge in [-0.3, -0.25) is 4.68 Å². The standard InChI is InChI=1S/C14H22F2N4O2/c15-14(16)13-12(19-21)8-20(18-13)11-4-2-10(3-5-11)9-22-7-1-6-17/h8,10-11,14H,1-7,9,17H2. The van der Waals surface area contributed by atoms with Crippen molar-refractivity contribution in [1.29, 1.82) is 0 Å². The Morgan fingerprint density at radius 3 is 2.68 bits per heavy atom. The summed E-state index contributed by atoms with van der Waals surface area (Å²) in [5.74, 6) is 0.489. The van der Waals surface area contributed by atoms with Crippen molar-refractivity contribution in [2.45, 2.75) is 44.6 Å². The lowest BCUT2D eigenvalue weighted by Gasteiger charge is -2.28. The Morgan fingerprint density at radius 2 is 2.14 bits per heavy atom. The lowest BCUT2D eigenvalue weighted by atomic mass is 9.86. The van der Waals surface area contributed by atoms with E-state index in [9.17, 15) is 13.7 Å². The first-order valence-corrected chi connectivity index (χ1v) is 7.64. The van der Waals surface area contributed by atoms with E-state index < -0.39 is 12.1 Å². The maximum atomic E-state index is 12.8. The summed E-state index contributed by atoms with van der Waals surface area (Å²) in [5, 5.41) is 6.48. The molecule has 1 fully saturated rings. The lowest BCUT2D eigenvalue weighted by molar-refractivity contribution is 0.0768. The summed E-state index contributed by atoms with van der Waals surface area (Å²) in [4.78, 5) is 10.6. The Kier molecular flexibility index (Phi) is 6.38. The molecule has 1 heterocycles. The zero-order valence-corrected chi connectivity index (χ0v) is 12.5. The highest BCUT2D eigenvalue weighted by atomic mass is 19.3. The van der Waals surface area contributed by atoms with Gasteiger partial charge in [-0.1, -0.05) is 0 Å². The maximum Gasteiger partial charge on any atom is 0.284 e. The highest BCUT2D eigenvalue weighted by molar-refractivity contribution is 5.40. The number of hydrogen-bond donors (Lipinski definition) is 1. The molecular formula is C14H22F2N4O2. The molecular weight excluding hydrogens is 294 g/mol. The first-order chi connectivity index (χ1) is 10.7. The molecule has 0 aromatic carbocycles. The van der Waals surface area contributed by atoms with Crippen LogP contribution in [-0.2, 0) is 4.74 Å². The Bertz CT molecular complexity index is 473. The molecule has 1 aliphatic rings. The first kappa shape index (κ1) is 17.0. The van der Waals surface area contributed by atoms with Crippen molar-refractivity contribution in [3.8, 4) is 0 Å². The van der Waals surface area contributed by atoms with E-state index in [4.69, 9.17) is 10.5 Å². The van der Waals surface area contributed by atoms with Crippen molar-refractivity contribution in [1.82, 2.24) is 9.78 Å². The number of ether oxygens (including phenoxy) is 1. The van der Waals surface area contributed by atoms with Gasteiger partial charge in [-0.15, -0.1) is 4.91 Å². The zero-order chi connectivity index (χ0) is 15.9. The maximum absolute atomic E-state index is 12.8. The number of nitrogens with zero attached hydrogens (tertiary/aromatic N) is 3. The number of aromatic nitrogens is 2. The molecule has 1 aromatic heterocycles. The molecule has 0 amide bonds. The van der Waals surface area contributed by atoms with E-state index in [1.165, 1.54) is 10.9 Å². The summed E-state index contributed by atoms with van der Waals surface area (Å²) < 4.78 is 32.6. The Morgan fingerprint density at radius 1 is 1.41 bits per heavy atom. The van der Waals surface area contributed by atoms with Crippen molar-refractivity contribution in [2.75, 3.05) is 19.8 Å². The smallest absolute Gasteiger partial charge is 0.284 e. The van der Waals surface area contributed by atoms with E-state index in [0.29, 0.717) is 19.1 Å². The molecule has 0 spiro atoms. The summed E-state index contributed by atoms with van der Waals surface area (Å²) in [6.07, 6.45) is 3.02. The summed E-state index contributed by atoms with van der Waals surface area (Å²) in [6.45, 7) is 2.03. The molecule has 2 N–H and O–H groups in total. The summed E-state index contributed by atoms with van der Waals surface area (Å²) in [5.41, 5.74) is 4.62. The predicted molar refractivity (Wildman–Crippen MR) is 78.1 cm³/mol. The molecule has 0 atom stereocenters. The van der Waals surface area contributed by atoms with Gasteiger partial charge in [-0.2, -0.15) is 5.10 Å². The van der Waals surface area contributed by atoms with Crippen LogP contribution in [0.25, 0.3) is 0 Å². The SMILES string of the molecule is NCCCOCC1CCC(n2cc(N=O)c(C(F)F)n2)CC1. The van der Waals surface area contributed by atoms with Crippen molar-refractivity contribution in [2.24, 2.45) is 16.8 Å². The van der Waals surface area contributed by atoms with Crippen LogP contribution in [0.1, 0.15) is 50.3 Å². The Hall–Kier alpha value is -1.41. The fourth-order valence-corrected chi connectivity index (χ4v) is 2.82. The molecule has 0 radical (unpaired) electrons. The highest BCUT2D eigenvalue weighted by Gasteiger charge is 2.26. The van der Waals surface area contributed by atoms with Crippen LogP contribution in [-0.4, -0.2) is 29.5 Å². The third-order valence-electron chi connectivity index (χ3n) is 4.08. The first-order valence-electron chi connectivity index (χ1n) is 7.64. The molecule has 1 saturated carbocycles. The Balaban J connectivity index is 1.85. The van der Waals surface area contributed by atoms with E-state index in [2.05, 4.69) is 10.3 Å². The molecule has 8 heteroatoms. The molecule has 0 aliphatic heterocycles. The minimum Gasteiger partial charge on any atom is -0.381 e. The lowest BCUT2D eigenvalue weighted by Crippen LogP contribution is -2.22. The molecule has 1 aliphatic carbocycles. The van der Waals surface area contributed by atoms with Gasteiger partial charge >= 0.3 is 0 Å². The van der Waals surface area contributed by atoms with Crippen molar-refractivity contribution in [3.05, 3.63) is 16.8 Å². The molecule has 0 saturated heterocycles. The average Bonchev–Trinajstić information content (AvgIpc) is 2.97. The zero-order valence-electron chi connectivity index (χ0n) is 12.5. The van der Waals surface area contributed by atoms with Gasteiger partial charge in [0.2, 0.25) is 0 Å². The fourth-order valence-electron chi connectivity index (χ4n) is 2.82. The van der Waals surface area contributed by atoms with Gasteiger partial charge in [0.05, 0.1) is 12.2 Å². The van der Waals surface area contributed by atoms with Crippen molar-refractivity contribution < 1.29 is 13.5 Å². The second-order valence-corrected chi connectivity index (χ2v) is 5.66. The number of rotatable bonds is 8. The van der Waals surface area contributed by atoms with Gasteiger partial charge in [-0.05, 0) is 49.7 Å². The van der Waals surface area contributed by atoms with Gasteiger partial charge in [0.15, 0.2) is 11.4 Å². The van der Waals surface area contributed by atoms with Crippen LogP contribution in [0.15, 0.2) is 11.4 Å². The average molecular weight is 316 g/mol. The van der Waals surface area contributed by atoms with Gasteiger partial charge in [-0.25, -0.2) is 8.78 Å². The van der Waals surface area contributed by atoms with E-state index in [1.54, 1.807) is 0 Å². The monoisotopic (exact) mass is 316 g/mol. The predicted octanol–water partition coefficient (Wildman–Crippen LogP) is 3.32. The Labute approximate surface area is 128 Å². The molecule has 6 nitrogen and oxygen atoms in total.